The molecule has 1 aliphatic heterocycles. The first-order valence-electron chi connectivity index (χ1n) is 12.3. The molecule has 4 rings (SSSR count). The van der Waals surface area contributed by atoms with Crippen LogP contribution in [0, 0.1) is 5.82 Å². The van der Waals surface area contributed by atoms with Crippen molar-refractivity contribution in [3.05, 3.63) is 100 Å². The molecule has 3 atom stereocenters. The first kappa shape index (κ1) is 26.1. The Hall–Kier alpha value is -2.93. The van der Waals surface area contributed by atoms with Crippen LogP contribution in [0.5, 0.6) is 5.75 Å². The summed E-state index contributed by atoms with van der Waals surface area (Å²) < 4.78 is 19.3. The highest BCUT2D eigenvalue weighted by molar-refractivity contribution is 6.30. The molecule has 1 amide bonds. The number of amides is 1. The third-order valence-electron chi connectivity index (χ3n) is 6.79. The van der Waals surface area contributed by atoms with Gasteiger partial charge < -0.3 is 15.0 Å². The van der Waals surface area contributed by atoms with Crippen LogP contribution >= 0.6 is 11.6 Å². The fraction of sp³-hybridized carbons (Fsp3) is 0.345. The SMILES string of the molecule is CNC(c1ccccc1)c1cc(Cl)ccc1OCC(=O)N1C[C@H](C)N(Cc2ccc(F)cc2)C[C@H]1C. The summed E-state index contributed by atoms with van der Waals surface area (Å²) >= 11 is 6.32. The molecule has 190 valence electrons. The van der Waals surface area contributed by atoms with Gasteiger partial charge in [-0.05, 0) is 62.4 Å². The lowest BCUT2D eigenvalue weighted by Gasteiger charge is -2.44. The molecule has 0 spiro atoms. The Bertz CT molecular complexity index is 1160. The van der Waals surface area contributed by atoms with Crippen molar-refractivity contribution in [1.82, 2.24) is 15.1 Å². The van der Waals surface area contributed by atoms with Gasteiger partial charge in [0.1, 0.15) is 11.6 Å². The summed E-state index contributed by atoms with van der Waals surface area (Å²) in [6.45, 7) is 6.21. The average molecular weight is 510 g/mol. The lowest BCUT2D eigenvalue weighted by molar-refractivity contribution is -0.139. The fourth-order valence-electron chi connectivity index (χ4n) is 4.84. The maximum Gasteiger partial charge on any atom is 0.260 e. The van der Waals surface area contributed by atoms with Crippen LogP contribution in [0.3, 0.4) is 0 Å². The quantitative estimate of drug-likeness (QED) is 0.448. The van der Waals surface area contributed by atoms with Gasteiger partial charge in [0.2, 0.25) is 0 Å². The van der Waals surface area contributed by atoms with Crippen LogP contribution < -0.4 is 10.1 Å². The number of benzene rings is 3. The number of ether oxygens (including phenoxy) is 1. The summed E-state index contributed by atoms with van der Waals surface area (Å²) in [4.78, 5) is 17.4. The lowest BCUT2D eigenvalue weighted by Crippen LogP contribution is -2.58. The number of hydrogen-bond acceptors (Lipinski definition) is 4. The van der Waals surface area contributed by atoms with E-state index in [-0.39, 0.29) is 36.5 Å². The minimum atomic E-state index is -0.232. The fourth-order valence-corrected chi connectivity index (χ4v) is 5.02. The van der Waals surface area contributed by atoms with Crippen molar-refractivity contribution in [2.45, 2.75) is 38.5 Å². The Morgan fingerprint density at radius 2 is 1.78 bits per heavy atom. The van der Waals surface area contributed by atoms with E-state index in [1.165, 1.54) is 12.1 Å². The van der Waals surface area contributed by atoms with Crippen LogP contribution in [0.4, 0.5) is 4.39 Å². The Morgan fingerprint density at radius 3 is 2.47 bits per heavy atom. The molecule has 1 fully saturated rings. The predicted molar refractivity (Wildman–Crippen MR) is 142 cm³/mol. The minimum absolute atomic E-state index is 0.0387. The van der Waals surface area contributed by atoms with Crippen LogP contribution in [-0.2, 0) is 11.3 Å². The first-order chi connectivity index (χ1) is 17.4. The molecule has 0 bridgehead atoms. The summed E-state index contributed by atoms with van der Waals surface area (Å²) in [6.07, 6.45) is 0. The molecule has 0 radical (unpaired) electrons. The Balaban J connectivity index is 1.41. The molecule has 1 aliphatic rings. The van der Waals surface area contributed by atoms with Crippen LogP contribution in [0.2, 0.25) is 5.02 Å². The number of carbonyl (C=O) groups is 1. The molecule has 3 aromatic carbocycles. The van der Waals surface area contributed by atoms with E-state index in [4.69, 9.17) is 16.3 Å². The van der Waals surface area contributed by atoms with Crippen LogP contribution in [-0.4, -0.2) is 54.5 Å². The van der Waals surface area contributed by atoms with E-state index in [1.807, 2.05) is 66.5 Å². The summed E-state index contributed by atoms with van der Waals surface area (Å²) in [5.41, 5.74) is 3.03. The molecule has 1 heterocycles. The molecule has 3 aromatic rings. The van der Waals surface area contributed by atoms with Gasteiger partial charge in [0.05, 0.1) is 6.04 Å². The smallest absolute Gasteiger partial charge is 0.260 e. The van der Waals surface area contributed by atoms with E-state index in [0.29, 0.717) is 17.3 Å². The number of nitrogens with one attached hydrogen (secondary N) is 1. The van der Waals surface area contributed by atoms with E-state index in [0.717, 1.165) is 29.8 Å². The largest absolute Gasteiger partial charge is 0.483 e. The van der Waals surface area contributed by atoms with Crippen LogP contribution in [0.1, 0.15) is 36.6 Å². The topological polar surface area (TPSA) is 44.8 Å². The molecule has 7 heteroatoms. The van der Waals surface area contributed by atoms with Gasteiger partial charge in [0.15, 0.2) is 6.61 Å². The maximum absolute atomic E-state index is 13.3. The standard InChI is InChI=1S/C29H33ClFN3O2/c1-20-17-34(21(2)16-33(20)18-22-9-12-25(31)13-10-22)28(35)19-36-27-14-11-24(30)15-26(27)29(32-3)23-7-5-4-6-8-23/h4-15,20-21,29,32H,16-19H2,1-3H3/t20-,21+,29?/m0/s1. The number of carbonyl (C=O) groups excluding carboxylic acids is 1. The van der Waals surface area contributed by atoms with Gasteiger partial charge in [-0.2, -0.15) is 0 Å². The van der Waals surface area contributed by atoms with Crippen LogP contribution in [0.15, 0.2) is 72.8 Å². The summed E-state index contributed by atoms with van der Waals surface area (Å²) in [6, 6.07) is 22.2. The molecule has 0 aliphatic carbocycles. The first-order valence-corrected chi connectivity index (χ1v) is 12.7. The number of halogens is 2. The van der Waals surface area contributed by atoms with Gasteiger partial charge in [0, 0.05) is 42.3 Å². The second-order valence-corrected chi connectivity index (χ2v) is 9.84. The normalized spacial score (nSPS) is 19.2. The zero-order chi connectivity index (χ0) is 25.7. The second kappa shape index (κ2) is 11.9. The summed E-state index contributed by atoms with van der Waals surface area (Å²) in [7, 11) is 1.89. The molecule has 1 unspecified atom stereocenters. The lowest BCUT2D eigenvalue weighted by atomic mass is 9.98. The number of piperazine rings is 1. The molecular formula is C29H33ClFN3O2. The van der Waals surface area contributed by atoms with Gasteiger partial charge in [0.25, 0.3) is 5.91 Å². The zero-order valence-electron chi connectivity index (χ0n) is 21.0. The number of rotatable bonds is 8. The predicted octanol–water partition coefficient (Wildman–Crippen LogP) is 5.29. The second-order valence-electron chi connectivity index (χ2n) is 9.40. The molecule has 1 saturated heterocycles. The van der Waals surface area contributed by atoms with Crippen LogP contribution in [0.25, 0.3) is 0 Å². The monoisotopic (exact) mass is 509 g/mol. The van der Waals surface area contributed by atoms with Crippen molar-refractivity contribution in [1.29, 1.82) is 0 Å². The Kier molecular flexibility index (Phi) is 8.62. The molecule has 0 saturated carbocycles. The zero-order valence-corrected chi connectivity index (χ0v) is 21.7. The minimum Gasteiger partial charge on any atom is -0.483 e. The maximum atomic E-state index is 13.3. The van der Waals surface area contributed by atoms with Gasteiger partial charge >= 0.3 is 0 Å². The van der Waals surface area contributed by atoms with Crippen molar-refractivity contribution >= 4 is 17.5 Å². The number of hydrogen-bond donors (Lipinski definition) is 1. The Labute approximate surface area is 217 Å². The molecule has 36 heavy (non-hydrogen) atoms. The molecule has 5 nitrogen and oxygen atoms in total. The van der Waals surface area contributed by atoms with Gasteiger partial charge in [-0.1, -0.05) is 54.1 Å². The van der Waals surface area contributed by atoms with Crippen molar-refractivity contribution in [2.24, 2.45) is 0 Å². The van der Waals surface area contributed by atoms with Crippen molar-refractivity contribution in [2.75, 3.05) is 26.7 Å². The Morgan fingerprint density at radius 1 is 1.06 bits per heavy atom. The molecular weight excluding hydrogens is 477 g/mol. The van der Waals surface area contributed by atoms with Gasteiger partial charge in [-0.25, -0.2) is 4.39 Å². The third-order valence-corrected chi connectivity index (χ3v) is 7.02. The summed E-state index contributed by atoms with van der Waals surface area (Å²) in [5.74, 6) is 0.355. The number of nitrogens with zero attached hydrogens (tertiary/aromatic N) is 2. The van der Waals surface area contributed by atoms with E-state index in [2.05, 4.69) is 24.1 Å². The van der Waals surface area contributed by atoms with Gasteiger partial charge in [-0.15, -0.1) is 0 Å². The summed E-state index contributed by atoms with van der Waals surface area (Å²) in [5, 5.41) is 3.94. The molecule has 0 aromatic heterocycles. The van der Waals surface area contributed by atoms with Crippen molar-refractivity contribution in [3.63, 3.8) is 0 Å². The van der Waals surface area contributed by atoms with E-state index < -0.39 is 0 Å². The highest BCUT2D eigenvalue weighted by Crippen LogP contribution is 2.32. The van der Waals surface area contributed by atoms with E-state index in [1.54, 1.807) is 6.07 Å². The van der Waals surface area contributed by atoms with Crippen molar-refractivity contribution in [3.8, 4) is 5.75 Å². The van der Waals surface area contributed by atoms with Gasteiger partial charge in [-0.3, -0.25) is 9.69 Å². The average Bonchev–Trinajstić information content (AvgIpc) is 2.88. The highest BCUT2D eigenvalue weighted by atomic mass is 35.5. The van der Waals surface area contributed by atoms with Crippen molar-refractivity contribution < 1.29 is 13.9 Å². The molecule has 1 N–H and O–H groups in total. The van der Waals surface area contributed by atoms with E-state index >= 15 is 0 Å². The highest BCUT2D eigenvalue weighted by Gasteiger charge is 2.32. The third kappa shape index (κ3) is 6.25. The van der Waals surface area contributed by atoms with E-state index in [9.17, 15) is 9.18 Å².